The number of hydrogen-bond donors (Lipinski definition) is 1. The van der Waals surface area contributed by atoms with Crippen LogP contribution >= 0.6 is 27.5 Å². The molecule has 1 unspecified atom stereocenters. The zero-order valence-electron chi connectivity index (χ0n) is 10.8. The molecule has 4 nitrogen and oxygen atoms in total. The van der Waals surface area contributed by atoms with Crippen molar-refractivity contribution in [2.24, 2.45) is 0 Å². The van der Waals surface area contributed by atoms with Gasteiger partial charge < -0.3 is 5.11 Å². The number of nitrogens with zero attached hydrogens (tertiary/aromatic N) is 3. The number of aliphatic hydroxyl groups is 1. The summed E-state index contributed by atoms with van der Waals surface area (Å²) in [5, 5.41) is 19.0. The number of aliphatic hydroxyl groups excluding tert-OH is 1. The monoisotopic (exact) mass is 363 g/mol. The van der Waals surface area contributed by atoms with Crippen LogP contribution in [0.4, 0.5) is 0 Å². The van der Waals surface area contributed by atoms with E-state index in [1.807, 2.05) is 36.4 Å². The molecule has 106 valence electrons. The summed E-state index contributed by atoms with van der Waals surface area (Å²) in [4.78, 5) is 0. The van der Waals surface area contributed by atoms with Gasteiger partial charge in [0, 0.05) is 15.1 Å². The summed E-state index contributed by atoms with van der Waals surface area (Å²) < 4.78 is 2.46. The summed E-state index contributed by atoms with van der Waals surface area (Å²) >= 11 is 9.55. The summed E-state index contributed by atoms with van der Waals surface area (Å²) in [6, 6.07) is 14.9. The van der Waals surface area contributed by atoms with Crippen LogP contribution in [0.1, 0.15) is 17.4 Å². The minimum atomic E-state index is -0.902. The van der Waals surface area contributed by atoms with Gasteiger partial charge in [-0.25, -0.2) is 4.68 Å². The number of benzene rings is 2. The molecule has 6 heteroatoms. The van der Waals surface area contributed by atoms with Crippen molar-refractivity contribution >= 4 is 27.5 Å². The Morgan fingerprint density at radius 1 is 1.14 bits per heavy atom. The summed E-state index contributed by atoms with van der Waals surface area (Å²) in [6.45, 7) is 0. The maximum atomic E-state index is 10.6. The van der Waals surface area contributed by atoms with Crippen molar-refractivity contribution in [3.63, 3.8) is 0 Å². The maximum Gasteiger partial charge on any atom is 0.124 e. The van der Waals surface area contributed by atoms with E-state index in [0.717, 1.165) is 10.2 Å². The highest BCUT2D eigenvalue weighted by molar-refractivity contribution is 9.10. The van der Waals surface area contributed by atoms with Crippen LogP contribution in [0.2, 0.25) is 5.02 Å². The normalized spacial score (nSPS) is 12.3. The van der Waals surface area contributed by atoms with Crippen molar-refractivity contribution in [3.8, 4) is 5.69 Å². The van der Waals surface area contributed by atoms with Gasteiger partial charge in [0.1, 0.15) is 6.10 Å². The lowest BCUT2D eigenvalue weighted by atomic mass is 10.1. The zero-order valence-corrected chi connectivity index (χ0v) is 13.2. The highest BCUT2D eigenvalue weighted by atomic mass is 79.9. The van der Waals surface area contributed by atoms with Crippen molar-refractivity contribution in [2.75, 3.05) is 0 Å². The second-order valence-corrected chi connectivity index (χ2v) is 5.80. The first kappa shape index (κ1) is 14.3. The van der Waals surface area contributed by atoms with E-state index in [-0.39, 0.29) is 0 Å². The molecule has 0 saturated carbocycles. The van der Waals surface area contributed by atoms with Crippen LogP contribution < -0.4 is 0 Å². The molecular formula is C15H11BrClN3O. The molecule has 0 radical (unpaired) electrons. The SMILES string of the molecule is OC(c1ccc(Br)cc1Cl)c1cnnn1-c1ccccc1. The molecule has 1 aromatic heterocycles. The molecule has 0 aliphatic heterocycles. The summed E-state index contributed by atoms with van der Waals surface area (Å²) in [5.41, 5.74) is 2.00. The standard InChI is InChI=1S/C15H11BrClN3O/c16-10-6-7-12(13(17)8-10)15(21)14-9-18-19-20(14)11-4-2-1-3-5-11/h1-9,15,21H. The van der Waals surface area contributed by atoms with Crippen molar-refractivity contribution in [3.05, 3.63) is 75.5 Å². The number of halogens is 2. The Labute approximate surface area is 135 Å². The molecule has 1 N–H and O–H groups in total. The van der Waals surface area contributed by atoms with E-state index in [4.69, 9.17) is 11.6 Å². The molecule has 0 aliphatic carbocycles. The Balaban J connectivity index is 2.03. The molecule has 3 rings (SSSR count). The first-order chi connectivity index (χ1) is 10.2. The van der Waals surface area contributed by atoms with Crippen LogP contribution in [-0.4, -0.2) is 20.1 Å². The number of para-hydroxylation sites is 1. The second kappa shape index (κ2) is 5.97. The van der Waals surface area contributed by atoms with E-state index in [9.17, 15) is 5.11 Å². The molecule has 2 aromatic carbocycles. The van der Waals surface area contributed by atoms with Crippen molar-refractivity contribution in [1.82, 2.24) is 15.0 Å². The minimum absolute atomic E-state index is 0.484. The van der Waals surface area contributed by atoms with E-state index >= 15 is 0 Å². The summed E-state index contributed by atoms with van der Waals surface area (Å²) in [5.74, 6) is 0. The third-order valence-electron chi connectivity index (χ3n) is 3.11. The van der Waals surface area contributed by atoms with Crippen LogP contribution in [0.3, 0.4) is 0 Å². The molecule has 0 fully saturated rings. The van der Waals surface area contributed by atoms with Crippen LogP contribution in [-0.2, 0) is 0 Å². The molecule has 0 spiro atoms. The number of aromatic nitrogens is 3. The Kier molecular flexibility index (Phi) is 4.05. The molecule has 0 saturated heterocycles. The first-order valence-electron chi connectivity index (χ1n) is 6.26. The molecule has 3 aromatic rings. The zero-order chi connectivity index (χ0) is 14.8. The molecule has 21 heavy (non-hydrogen) atoms. The molecule has 1 heterocycles. The number of rotatable bonds is 3. The Morgan fingerprint density at radius 3 is 2.62 bits per heavy atom. The maximum absolute atomic E-state index is 10.6. The lowest BCUT2D eigenvalue weighted by molar-refractivity contribution is 0.212. The van der Waals surface area contributed by atoms with Crippen LogP contribution in [0, 0.1) is 0 Å². The van der Waals surface area contributed by atoms with E-state index in [0.29, 0.717) is 16.3 Å². The second-order valence-electron chi connectivity index (χ2n) is 4.47. The van der Waals surface area contributed by atoms with E-state index in [2.05, 4.69) is 26.2 Å². The third kappa shape index (κ3) is 2.85. The first-order valence-corrected chi connectivity index (χ1v) is 7.43. The lowest BCUT2D eigenvalue weighted by Crippen LogP contribution is -2.09. The fraction of sp³-hybridized carbons (Fsp3) is 0.0667. The number of hydrogen-bond acceptors (Lipinski definition) is 3. The Hall–Kier alpha value is -1.69. The topological polar surface area (TPSA) is 50.9 Å². The minimum Gasteiger partial charge on any atom is -0.382 e. The van der Waals surface area contributed by atoms with Gasteiger partial charge in [-0.3, -0.25) is 0 Å². The quantitative estimate of drug-likeness (QED) is 0.770. The molecule has 0 aliphatic rings. The van der Waals surface area contributed by atoms with Gasteiger partial charge in [-0.15, -0.1) is 5.10 Å². The Morgan fingerprint density at radius 2 is 1.90 bits per heavy atom. The largest absolute Gasteiger partial charge is 0.382 e. The van der Waals surface area contributed by atoms with Gasteiger partial charge in [-0.1, -0.05) is 57.0 Å². The smallest absolute Gasteiger partial charge is 0.124 e. The van der Waals surface area contributed by atoms with Gasteiger partial charge in [0.25, 0.3) is 0 Å². The van der Waals surface area contributed by atoms with Gasteiger partial charge >= 0.3 is 0 Å². The van der Waals surface area contributed by atoms with Gasteiger partial charge in [0.05, 0.1) is 17.6 Å². The highest BCUT2D eigenvalue weighted by Crippen LogP contribution is 2.30. The molecule has 0 bridgehead atoms. The highest BCUT2D eigenvalue weighted by Gasteiger charge is 2.19. The van der Waals surface area contributed by atoms with Gasteiger partial charge in [-0.2, -0.15) is 0 Å². The average Bonchev–Trinajstić information content (AvgIpc) is 2.97. The van der Waals surface area contributed by atoms with Crippen molar-refractivity contribution < 1.29 is 5.11 Å². The van der Waals surface area contributed by atoms with Crippen LogP contribution in [0.25, 0.3) is 5.69 Å². The van der Waals surface area contributed by atoms with Crippen molar-refractivity contribution in [2.45, 2.75) is 6.10 Å². The average molecular weight is 365 g/mol. The van der Waals surface area contributed by atoms with E-state index in [1.165, 1.54) is 6.20 Å². The van der Waals surface area contributed by atoms with Crippen LogP contribution in [0.15, 0.2) is 59.2 Å². The van der Waals surface area contributed by atoms with E-state index < -0.39 is 6.10 Å². The summed E-state index contributed by atoms with van der Waals surface area (Å²) in [6.07, 6.45) is 0.636. The van der Waals surface area contributed by atoms with Gasteiger partial charge in [0.2, 0.25) is 0 Å². The van der Waals surface area contributed by atoms with Gasteiger partial charge in [-0.05, 0) is 24.3 Å². The third-order valence-corrected chi connectivity index (χ3v) is 3.93. The Bertz CT molecular complexity index is 761. The predicted molar refractivity (Wildman–Crippen MR) is 84.6 cm³/mol. The van der Waals surface area contributed by atoms with Crippen LogP contribution in [0.5, 0.6) is 0 Å². The molecule has 0 amide bonds. The van der Waals surface area contributed by atoms with Gasteiger partial charge in [0.15, 0.2) is 0 Å². The summed E-state index contributed by atoms with van der Waals surface area (Å²) in [7, 11) is 0. The molecular weight excluding hydrogens is 354 g/mol. The van der Waals surface area contributed by atoms with E-state index in [1.54, 1.807) is 16.8 Å². The fourth-order valence-corrected chi connectivity index (χ4v) is 2.86. The molecule has 1 atom stereocenters. The fourth-order valence-electron chi connectivity index (χ4n) is 2.08. The lowest BCUT2D eigenvalue weighted by Gasteiger charge is -2.14. The predicted octanol–water partition coefficient (Wildman–Crippen LogP) is 3.76. The van der Waals surface area contributed by atoms with Crippen molar-refractivity contribution in [1.29, 1.82) is 0 Å².